The molecule has 0 atom stereocenters. The van der Waals surface area contributed by atoms with Crippen molar-refractivity contribution in [2.75, 3.05) is 12.3 Å². The summed E-state index contributed by atoms with van der Waals surface area (Å²) >= 11 is 0. The van der Waals surface area contributed by atoms with Gasteiger partial charge in [0, 0.05) is 23.2 Å². The number of aromatic nitrogens is 1. The van der Waals surface area contributed by atoms with Crippen molar-refractivity contribution in [3.05, 3.63) is 39.9 Å². The van der Waals surface area contributed by atoms with E-state index in [2.05, 4.69) is 15.0 Å². The molecule has 7 heteroatoms. The van der Waals surface area contributed by atoms with E-state index in [0.29, 0.717) is 18.5 Å². The molecular weight excluding hydrogens is 222 g/mol. The lowest BCUT2D eigenvalue weighted by molar-refractivity contribution is 0.0696. The molecule has 1 aromatic rings. The van der Waals surface area contributed by atoms with Crippen molar-refractivity contribution in [2.45, 2.75) is 6.42 Å². The molecule has 0 amide bonds. The summed E-state index contributed by atoms with van der Waals surface area (Å²) in [4.78, 5) is 17.1. The van der Waals surface area contributed by atoms with Crippen molar-refractivity contribution < 1.29 is 9.90 Å². The van der Waals surface area contributed by atoms with E-state index in [4.69, 9.17) is 16.4 Å². The van der Waals surface area contributed by atoms with E-state index in [1.165, 1.54) is 12.3 Å². The van der Waals surface area contributed by atoms with Gasteiger partial charge in [-0.1, -0.05) is 17.3 Å². The quantitative estimate of drug-likeness (QED) is 0.349. The van der Waals surface area contributed by atoms with E-state index < -0.39 is 5.97 Å². The molecular formula is C10H11N5O2. The van der Waals surface area contributed by atoms with Crippen LogP contribution in [0.2, 0.25) is 0 Å². The van der Waals surface area contributed by atoms with E-state index in [9.17, 15) is 4.79 Å². The van der Waals surface area contributed by atoms with Gasteiger partial charge in [-0.15, -0.1) is 0 Å². The van der Waals surface area contributed by atoms with E-state index >= 15 is 0 Å². The number of azide groups is 1. The minimum atomic E-state index is -1.05. The van der Waals surface area contributed by atoms with E-state index in [1.54, 1.807) is 12.2 Å². The van der Waals surface area contributed by atoms with Gasteiger partial charge in [-0.05, 0) is 18.0 Å². The highest BCUT2D eigenvalue weighted by Crippen LogP contribution is 2.13. The topological polar surface area (TPSA) is 125 Å². The van der Waals surface area contributed by atoms with Gasteiger partial charge in [0.25, 0.3) is 0 Å². The normalized spacial score (nSPS) is 10.1. The molecule has 1 aromatic heterocycles. The Hall–Kier alpha value is -2.53. The molecule has 0 aromatic carbocycles. The SMILES string of the molecule is [N-]=[N+]=NCCC=Cc1cc(C(=O)O)cnc1N. The first kappa shape index (κ1) is 12.5. The second-order valence-electron chi connectivity index (χ2n) is 3.15. The highest BCUT2D eigenvalue weighted by molar-refractivity contribution is 5.88. The maximum absolute atomic E-state index is 10.7. The Bertz CT molecular complexity index is 491. The zero-order valence-electron chi connectivity index (χ0n) is 8.95. The molecule has 1 heterocycles. The van der Waals surface area contributed by atoms with Gasteiger partial charge in [-0.3, -0.25) is 0 Å². The molecule has 0 radical (unpaired) electrons. The Kier molecular flexibility index (Phi) is 4.53. The molecule has 0 saturated carbocycles. The van der Waals surface area contributed by atoms with Gasteiger partial charge < -0.3 is 10.8 Å². The summed E-state index contributed by atoms with van der Waals surface area (Å²) in [5.41, 5.74) is 14.3. The molecule has 7 nitrogen and oxygen atoms in total. The fourth-order valence-corrected chi connectivity index (χ4v) is 1.13. The number of pyridine rings is 1. The highest BCUT2D eigenvalue weighted by Gasteiger charge is 2.05. The smallest absolute Gasteiger partial charge is 0.337 e. The predicted octanol–water partition coefficient (Wildman–Crippen LogP) is 2.08. The number of rotatable bonds is 5. The fraction of sp³-hybridized carbons (Fsp3) is 0.200. The van der Waals surface area contributed by atoms with Crippen LogP contribution in [0.25, 0.3) is 16.5 Å². The maximum Gasteiger partial charge on any atom is 0.337 e. The molecule has 17 heavy (non-hydrogen) atoms. The lowest BCUT2D eigenvalue weighted by Crippen LogP contribution is -2.01. The van der Waals surface area contributed by atoms with Gasteiger partial charge in [-0.2, -0.15) is 0 Å². The molecule has 0 aliphatic carbocycles. The van der Waals surface area contributed by atoms with Crippen LogP contribution in [0.4, 0.5) is 5.82 Å². The number of carboxylic acid groups (broad SMARTS) is 1. The van der Waals surface area contributed by atoms with Crippen molar-refractivity contribution >= 4 is 17.9 Å². The van der Waals surface area contributed by atoms with Crippen molar-refractivity contribution in [2.24, 2.45) is 5.11 Å². The molecule has 0 spiro atoms. The summed E-state index contributed by atoms with van der Waals surface area (Å²) < 4.78 is 0. The third kappa shape index (κ3) is 3.84. The van der Waals surface area contributed by atoms with Crippen LogP contribution in [-0.4, -0.2) is 22.6 Å². The van der Waals surface area contributed by atoms with Crippen LogP contribution in [-0.2, 0) is 0 Å². The molecule has 3 N–H and O–H groups in total. The molecule has 0 aliphatic rings. The van der Waals surface area contributed by atoms with Crippen LogP contribution >= 0.6 is 0 Å². The van der Waals surface area contributed by atoms with Crippen LogP contribution in [0.5, 0.6) is 0 Å². The first-order valence-corrected chi connectivity index (χ1v) is 4.81. The molecule has 0 bridgehead atoms. The Labute approximate surface area is 97.2 Å². The van der Waals surface area contributed by atoms with Crippen LogP contribution in [0.15, 0.2) is 23.5 Å². The Morgan fingerprint density at radius 3 is 3.12 bits per heavy atom. The summed E-state index contributed by atoms with van der Waals surface area (Å²) in [5.74, 6) is -0.795. The predicted molar refractivity (Wildman–Crippen MR) is 63.3 cm³/mol. The number of anilines is 1. The van der Waals surface area contributed by atoms with Crippen LogP contribution in [0.1, 0.15) is 22.3 Å². The molecule has 0 unspecified atom stereocenters. The fourth-order valence-electron chi connectivity index (χ4n) is 1.13. The van der Waals surface area contributed by atoms with Crippen LogP contribution < -0.4 is 5.73 Å². The van der Waals surface area contributed by atoms with E-state index in [-0.39, 0.29) is 11.4 Å². The van der Waals surface area contributed by atoms with Gasteiger partial charge >= 0.3 is 5.97 Å². The standard InChI is InChI=1S/C10H11N5O2/c11-9-7(3-1-2-4-14-15-12)5-8(6-13-9)10(16)17/h1,3,5-6H,2,4H2,(H2,11,13)(H,16,17). The zero-order valence-corrected chi connectivity index (χ0v) is 8.95. The van der Waals surface area contributed by atoms with Crippen LogP contribution in [0.3, 0.4) is 0 Å². The van der Waals surface area contributed by atoms with Gasteiger partial charge in [0.05, 0.1) is 5.56 Å². The largest absolute Gasteiger partial charge is 0.478 e. The van der Waals surface area contributed by atoms with Crippen molar-refractivity contribution in [1.82, 2.24) is 4.98 Å². The molecule has 0 aliphatic heterocycles. The number of carbonyl (C=O) groups is 1. The zero-order chi connectivity index (χ0) is 12.7. The molecule has 0 saturated heterocycles. The van der Waals surface area contributed by atoms with Crippen molar-refractivity contribution in [1.29, 1.82) is 0 Å². The third-order valence-corrected chi connectivity index (χ3v) is 1.95. The van der Waals surface area contributed by atoms with Crippen molar-refractivity contribution in [3.63, 3.8) is 0 Å². The summed E-state index contributed by atoms with van der Waals surface area (Å²) in [7, 11) is 0. The van der Waals surface area contributed by atoms with Gasteiger partial charge in [0.15, 0.2) is 0 Å². The minimum absolute atomic E-state index is 0.0777. The number of hydrogen-bond acceptors (Lipinski definition) is 4. The van der Waals surface area contributed by atoms with E-state index in [0.717, 1.165) is 0 Å². The number of aromatic carboxylic acids is 1. The number of nitrogens with two attached hydrogens (primary N) is 1. The maximum atomic E-state index is 10.7. The lowest BCUT2D eigenvalue weighted by Gasteiger charge is -2.00. The first-order chi connectivity index (χ1) is 8.15. The van der Waals surface area contributed by atoms with Crippen molar-refractivity contribution in [3.8, 4) is 0 Å². The summed E-state index contributed by atoms with van der Waals surface area (Å²) in [5, 5.41) is 12.1. The molecule has 1 rings (SSSR count). The number of carboxylic acids is 1. The van der Waals surface area contributed by atoms with E-state index in [1.807, 2.05) is 0 Å². The van der Waals surface area contributed by atoms with Gasteiger partial charge in [0.2, 0.25) is 0 Å². The summed E-state index contributed by atoms with van der Waals surface area (Å²) in [6.07, 6.45) is 5.16. The Morgan fingerprint density at radius 1 is 1.71 bits per heavy atom. The number of nitrogen functional groups attached to an aromatic ring is 1. The van der Waals surface area contributed by atoms with Gasteiger partial charge in [0.1, 0.15) is 5.82 Å². The Balaban J connectivity index is 2.78. The average Bonchev–Trinajstić information content (AvgIpc) is 2.30. The second kappa shape index (κ2) is 6.14. The second-order valence-corrected chi connectivity index (χ2v) is 3.15. The molecule has 88 valence electrons. The average molecular weight is 233 g/mol. The minimum Gasteiger partial charge on any atom is -0.478 e. The third-order valence-electron chi connectivity index (χ3n) is 1.95. The monoisotopic (exact) mass is 233 g/mol. The number of hydrogen-bond donors (Lipinski definition) is 2. The summed E-state index contributed by atoms with van der Waals surface area (Å²) in [6.45, 7) is 0.346. The number of nitrogens with zero attached hydrogens (tertiary/aromatic N) is 4. The van der Waals surface area contributed by atoms with Gasteiger partial charge in [-0.25, -0.2) is 9.78 Å². The Morgan fingerprint density at radius 2 is 2.47 bits per heavy atom. The lowest BCUT2D eigenvalue weighted by atomic mass is 10.1. The van der Waals surface area contributed by atoms with Crippen LogP contribution in [0, 0.1) is 0 Å². The summed E-state index contributed by atoms with van der Waals surface area (Å²) in [6, 6.07) is 1.44. The first-order valence-electron chi connectivity index (χ1n) is 4.81. The highest BCUT2D eigenvalue weighted by atomic mass is 16.4. The molecule has 0 fully saturated rings.